The average Bonchev–Trinajstić information content (AvgIpc) is 3.12. The molecule has 2 aromatic rings. The lowest BCUT2D eigenvalue weighted by atomic mass is 9.87. The monoisotopic (exact) mass is 404 g/mol. The van der Waals surface area contributed by atoms with Gasteiger partial charge in [-0.05, 0) is 58.2 Å². The Morgan fingerprint density at radius 3 is 2.79 bits per heavy atom. The van der Waals surface area contributed by atoms with Crippen LogP contribution in [0.15, 0.2) is 29.2 Å². The fourth-order valence-electron chi connectivity index (χ4n) is 3.97. The number of aromatic hydroxyl groups is 1. The highest BCUT2D eigenvalue weighted by Gasteiger charge is 2.44. The topological polar surface area (TPSA) is 93.9 Å². The molecule has 0 aliphatic carbocycles. The molecule has 1 amide bonds. The van der Waals surface area contributed by atoms with Crippen LogP contribution in [0.5, 0.6) is 5.75 Å². The molecule has 2 saturated heterocycles. The third-order valence-corrected chi connectivity index (χ3v) is 5.45. The summed E-state index contributed by atoms with van der Waals surface area (Å²) in [5, 5.41) is 9.79. The minimum atomic E-state index is -0.701. The molecule has 0 bridgehead atoms. The molecule has 1 atom stereocenters. The number of benzene rings is 1. The number of nitrogens with zero attached hydrogens (tertiary/aromatic N) is 3. The Kier molecular flexibility index (Phi) is 3.92. The van der Waals surface area contributed by atoms with Gasteiger partial charge in [-0.25, -0.2) is 9.78 Å². The average molecular weight is 404 g/mol. The van der Waals surface area contributed by atoms with E-state index in [2.05, 4.69) is 4.98 Å². The molecule has 1 N–H and O–H groups in total. The summed E-state index contributed by atoms with van der Waals surface area (Å²) in [5.74, 6) is -0.701. The van der Waals surface area contributed by atoms with Crippen LogP contribution in [0.25, 0.3) is 10.9 Å². The van der Waals surface area contributed by atoms with Crippen LogP contribution in [-0.2, 0) is 9.47 Å². The van der Waals surface area contributed by atoms with E-state index in [0.717, 1.165) is 0 Å². The van der Waals surface area contributed by atoms with Gasteiger partial charge in [0.2, 0.25) is 0 Å². The number of hydrogen-bond donors (Lipinski definition) is 1. The maximum Gasteiger partial charge on any atom is 0.410 e. The van der Waals surface area contributed by atoms with Crippen molar-refractivity contribution in [3.63, 3.8) is 0 Å². The van der Waals surface area contributed by atoms with E-state index in [1.807, 2.05) is 20.8 Å². The molecule has 1 aromatic carbocycles. The molecule has 8 heteroatoms. The second-order valence-corrected chi connectivity index (χ2v) is 8.72. The van der Waals surface area contributed by atoms with Crippen LogP contribution in [0.3, 0.4) is 0 Å². The fourth-order valence-corrected chi connectivity index (χ4v) is 3.97. The van der Waals surface area contributed by atoms with Gasteiger partial charge in [-0.15, -0.1) is 0 Å². The number of carbonyl (C=O) groups is 1. The molecule has 2 aliphatic rings. The quantitative estimate of drug-likeness (QED) is 0.786. The molecule has 1 aromatic heterocycles. The van der Waals surface area contributed by atoms with Crippen molar-refractivity contribution < 1.29 is 23.5 Å². The zero-order valence-electron chi connectivity index (χ0n) is 19.8. The van der Waals surface area contributed by atoms with Crippen molar-refractivity contribution in [3.8, 4) is 5.75 Å². The van der Waals surface area contributed by atoms with Crippen LogP contribution in [0, 0.1) is 0 Å². The molecule has 2 aliphatic heterocycles. The number of piperidine rings is 1. The Morgan fingerprint density at radius 2 is 2.10 bits per heavy atom. The lowest BCUT2D eigenvalue weighted by molar-refractivity contribution is -0.0486. The molecule has 2 fully saturated rings. The summed E-state index contributed by atoms with van der Waals surface area (Å²) in [6, 6.07) is -1.72. The predicted molar refractivity (Wildman–Crippen MR) is 107 cm³/mol. The van der Waals surface area contributed by atoms with Crippen LogP contribution in [0.2, 0.25) is 0 Å². The van der Waals surface area contributed by atoms with Crippen molar-refractivity contribution in [1.82, 2.24) is 14.5 Å². The molecular weight excluding hydrogens is 374 g/mol. The maximum absolute atomic E-state index is 13.1. The van der Waals surface area contributed by atoms with Gasteiger partial charge in [0.1, 0.15) is 11.4 Å². The molecular formula is C21H27N3O5. The van der Waals surface area contributed by atoms with E-state index in [0.29, 0.717) is 32.4 Å². The highest BCUT2D eigenvalue weighted by molar-refractivity contribution is 5.78. The van der Waals surface area contributed by atoms with Gasteiger partial charge in [0.25, 0.3) is 5.56 Å². The van der Waals surface area contributed by atoms with Crippen molar-refractivity contribution in [3.05, 3.63) is 34.8 Å². The van der Waals surface area contributed by atoms with E-state index >= 15 is 0 Å². The summed E-state index contributed by atoms with van der Waals surface area (Å²) < 4.78 is 36.7. The highest BCUT2D eigenvalue weighted by atomic mass is 16.6. The van der Waals surface area contributed by atoms with Gasteiger partial charge in [0.05, 0.1) is 39.6 Å². The standard InChI is InChI=1S/C21H27N3O5/c1-20(2,3)29-19(27)23-8-6-21(7-9-23)11-14(12-28-21)24-13-22-17-5-4-15(25)10-16(17)18(24)26/h4-5,10,13-14,25H,6-9,11-12H2,1-3H3/t14-/m1/s1/i4D,5D,10D. The van der Waals surface area contributed by atoms with Crippen molar-refractivity contribution >= 4 is 17.0 Å². The van der Waals surface area contributed by atoms with E-state index in [1.54, 1.807) is 4.90 Å². The Morgan fingerprint density at radius 1 is 1.38 bits per heavy atom. The first-order chi connectivity index (χ1) is 14.9. The summed E-state index contributed by atoms with van der Waals surface area (Å²) in [5.41, 5.74) is -1.63. The number of amides is 1. The van der Waals surface area contributed by atoms with Gasteiger partial charge in [0.15, 0.2) is 0 Å². The third kappa shape index (κ3) is 3.94. The Hall–Kier alpha value is -2.61. The first-order valence-electron chi connectivity index (χ1n) is 11.2. The lowest BCUT2D eigenvalue weighted by Gasteiger charge is -2.39. The van der Waals surface area contributed by atoms with Crippen molar-refractivity contribution in [2.45, 2.75) is 57.3 Å². The summed E-state index contributed by atoms with van der Waals surface area (Å²) >= 11 is 0. The molecule has 156 valence electrons. The van der Waals surface area contributed by atoms with Gasteiger partial charge in [-0.1, -0.05) is 0 Å². The van der Waals surface area contributed by atoms with E-state index < -0.39 is 34.6 Å². The number of ether oxygens (including phenoxy) is 2. The van der Waals surface area contributed by atoms with Crippen LogP contribution >= 0.6 is 0 Å². The van der Waals surface area contributed by atoms with E-state index in [9.17, 15) is 14.7 Å². The number of fused-ring (bicyclic) bond motifs is 1. The lowest BCUT2D eigenvalue weighted by Crippen LogP contribution is -2.48. The van der Waals surface area contributed by atoms with Crippen LogP contribution in [-0.4, -0.2) is 56.5 Å². The molecule has 0 unspecified atom stereocenters. The zero-order chi connectivity index (χ0) is 23.4. The van der Waals surface area contributed by atoms with Gasteiger partial charge >= 0.3 is 6.09 Å². The molecule has 0 radical (unpaired) electrons. The first kappa shape index (κ1) is 16.2. The normalized spacial score (nSPS) is 23.1. The minimum Gasteiger partial charge on any atom is -0.508 e. The molecule has 3 heterocycles. The van der Waals surface area contributed by atoms with Crippen molar-refractivity contribution in [1.29, 1.82) is 0 Å². The van der Waals surface area contributed by atoms with Crippen LogP contribution < -0.4 is 5.56 Å². The predicted octanol–water partition coefficient (Wildman–Crippen LogP) is 2.83. The molecule has 1 spiro atoms. The number of phenols is 1. The number of carbonyl (C=O) groups excluding carboxylic acids is 1. The summed E-state index contributed by atoms with van der Waals surface area (Å²) in [6.07, 6.45) is 2.75. The van der Waals surface area contributed by atoms with E-state index in [4.69, 9.17) is 13.6 Å². The highest BCUT2D eigenvalue weighted by Crippen LogP contribution is 2.40. The smallest absolute Gasteiger partial charge is 0.410 e. The number of hydrogen-bond acceptors (Lipinski definition) is 6. The largest absolute Gasteiger partial charge is 0.508 e. The molecule has 0 saturated carbocycles. The molecule has 4 rings (SSSR count). The van der Waals surface area contributed by atoms with Crippen molar-refractivity contribution in [2.24, 2.45) is 0 Å². The molecule has 29 heavy (non-hydrogen) atoms. The minimum absolute atomic E-state index is 0.0710. The molecule has 8 nitrogen and oxygen atoms in total. The summed E-state index contributed by atoms with van der Waals surface area (Å²) in [4.78, 5) is 31.3. The van der Waals surface area contributed by atoms with Gasteiger partial charge in [-0.2, -0.15) is 0 Å². The summed E-state index contributed by atoms with van der Waals surface area (Å²) in [7, 11) is 0. The SMILES string of the molecule is [2H]c1c(O)c([2H])c2c(=O)n([C@H]3COC4(CCN(C(=O)OC(C)(C)C)CC4)C3)cnc2c1[2H]. The number of likely N-dealkylation sites (tertiary alicyclic amines) is 1. The third-order valence-electron chi connectivity index (χ3n) is 5.45. The van der Waals surface area contributed by atoms with E-state index in [1.165, 1.54) is 10.9 Å². The van der Waals surface area contributed by atoms with Gasteiger partial charge in [-0.3, -0.25) is 9.36 Å². The fraction of sp³-hybridized carbons (Fsp3) is 0.571. The number of rotatable bonds is 1. The Balaban J connectivity index is 1.54. The number of phenolic OH excluding ortho intramolecular Hbond substituents is 1. The van der Waals surface area contributed by atoms with Gasteiger partial charge in [0, 0.05) is 13.1 Å². The van der Waals surface area contributed by atoms with Crippen LogP contribution in [0.1, 0.15) is 50.2 Å². The Bertz CT molecular complexity index is 1140. The Labute approximate surface area is 173 Å². The second kappa shape index (κ2) is 7.02. The number of aromatic nitrogens is 2. The first-order valence-corrected chi connectivity index (χ1v) is 9.74. The second-order valence-electron chi connectivity index (χ2n) is 8.72. The summed E-state index contributed by atoms with van der Waals surface area (Å²) in [6.45, 7) is 6.74. The van der Waals surface area contributed by atoms with E-state index in [-0.39, 0.29) is 35.7 Å². The maximum atomic E-state index is 13.1. The van der Waals surface area contributed by atoms with Crippen molar-refractivity contribution in [2.75, 3.05) is 19.7 Å². The van der Waals surface area contributed by atoms with Gasteiger partial charge < -0.3 is 19.5 Å². The zero-order valence-corrected chi connectivity index (χ0v) is 16.8. The van der Waals surface area contributed by atoms with Crippen LogP contribution in [0.4, 0.5) is 4.79 Å².